The van der Waals surface area contributed by atoms with Gasteiger partial charge in [-0.3, -0.25) is 0 Å². The van der Waals surface area contributed by atoms with Crippen molar-refractivity contribution in [2.75, 3.05) is 0 Å². The maximum atomic E-state index is 8.57. The van der Waals surface area contributed by atoms with Gasteiger partial charge in [0.25, 0.3) is 0 Å². The highest BCUT2D eigenvalue weighted by Crippen LogP contribution is 2.20. The van der Waals surface area contributed by atoms with Crippen LogP contribution < -0.4 is 4.74 Å². The third-order valence-electron chi connectivity index (χ3n) is 3.31. The van der Waals surface area contributed by atoms with Crippen molar-refractivity contribution in [2.45, 2.75) is 19.6 Å². The lowest BCUT2D eigenvalue weighted by Crippen LogP contribution is -2.01. The Morgan fingerprint density at radius 2 is 1.83 bits per heavy atom. The van der Waals surface area contributed by atoms with Crippen LogP contribution in [0.3, 0.4) is 0 Å². The van der Waals surface area contributed by atoms with Gasteiger partial charge in [0.1, 0.15) is 12.4 Å². The van der Waals surface area contributed by atoms with Crippen molar-refractivity contribution < 1.29 is 4.74 Å². The van der Waals surface area contributed by atoms with Gasteiger partial charge in [-0.25, -0.2) is 0 Å². The minimum Gasteiger partial charge on any atom is -0.489 e. The van der Waals surface area contributed by atoms with Gasteiger partial charge < -0.3 is 4.74 Å². The molecular weight excluding hydrogens is 326 g/mol. The Morgan fingerprint density at radius 3 is 2.54 bits per heavy atom. The summed E-state index contributed by atoms with van der Waals surface area (Å²) in [5, 5.41) is 21.4. The predicted molar refractivity (Wildman–Crippen MR) is 89.3 cm³/mol. The molecule has 0 aliphatic carbocycles. The fraction of sp³-hybridized carbons (Fsp3) is 0.176. The van der Waals surface area contributed by atoms with Crippen LogP contribution in [0.25, 0.3) is 11.4 Å². The number of benzene rings is 2. The van der Waals surface area contributed by atoms with Crippen molar-refractivity contribution in [3.8, 4) is 23.2 Å². The average Bonchev–Trinajstić information content (AvgIpc) is 3.09. The quantitative estimate of drug-likeness (QED) is 0.687. The molecule has 0 radical (unpaired) electrons. The normalized spacial score (nSPS) is 10.3. The van der Waals surface area contributed by atoms with Crippen LogP contribution in [0.15, 0.2) is 48.5 Å². The minimum absolute atomic E-state index is 0.354. The van der Waals surface area contributed by atoms with Gasteiger partial charge in [-0.15, -0.1) is 10.2 Å². The highest BCUT2D eigenvalue weighted by atomic mass is 35.5. The van der Waals surface area contributed by atoms with Crippen LogP contribution in [0.4, 0.5) is 0 Å². The molecule has 6 nitrogen and oxygen atoms in total. The number of ether oxygens (including phenoxy) is 1. The van der Waals surface area contributed by atoms with Gasteiger partial charge >= 0.3 is 0 Å². The second-order valence-corrected chi connectivity index (χ2v) is 5.49. The van der Waals surface area contributed by atoms with E-state index >= 15 is 0 Å². The van der Waals surface area contributed by atoms with Crippen LogP contribution in [-0.2, 0) is 13.2 Å². The molecule has 3 rings (SSSR count). The van der Waals surface area contributed by atoms with Gasteiger partial charge in [-0.1, -0.05) is 23.7 Å². The molecule has 2 aromatic carbocycles. The van der Waals surface area contributed by atoms with Crippen molar-refractivity contribution in [3.63, 3.8) is 0 Å². The molecule has 0 atom stereocenters. The van der Waals surface area contributed by atoms with Gasteiger partial charge in [0.2, 0.25) is 5.82 Å². The summed E-state index contributed by atoms with van der Waals surface area (Å²) in [5.41, 5.74) is 1.89. The van der Waals surface area contributed by atoms with Crippen molar-refractivity contribution >= 4 is 11.6 Å². The molecule has 0 bridgehead atoms. The number of nitriles is 1. The monoisotopic (exact) mass is 339 g/mol. The fourth-order valence-electron chi connectivity index (χ4n) is 2.05. The Kier molecular flexibility index (Phi) is 5.04. The molecule has 0 N–H and O–H groups in total. The van der Waals surface area contributed by atoms with Gasteiger partial charge in [-0.2, -0.15) is 10.1 Å². The molecule has 0 unspecified atom stereocenters. The zero-order valence-electron chi connectivity index (χ0n) is 12.8. The van der Waals surface area contributed by atoms with E-state index in [1.165, 1.54) is 4.80 Å². The highest BCUT2D eigenvalue weighted by molar-refractivity contribution is 6.30. The summed E-state index contributed by atoms with van der Waals surface area (Å²) in [7, 11) is 0. The molecule has 1 heterocycles. The first-order valence-electron chi connectivity index (χ1n) is 7.37. The zero-order valence-corrected chi connectivity index (χ0v) is 13.5. The summed E-state index contributed by atoms with van der Waals surface area (Å²) in [6.07, 6.45) is 0.354. The number of tetrazole rings is 1. The number of aryl methyl sites for hydroxylation is 1. The fourth-order valence-corrected chi connectivity index (χ4v) is 2.18. The number of hydrogen-bond acceptors (Lipinski definition) is 5. The van der Waals surface area contributed by atoms with Crippen LogP contribution in [0.2, 0.25) is 5.02 Å². The predicted octanol–water partition coefficient (Wildman–Crippen LogP) is 3.49. The topological polar surface area (TPSA) is 76.6 Å². The van der Waals surface area contributed by atoms with E-state index in [0.717, 1.165) is 16.9 Å². The molecule has 0 saturated heterocycles. The summed E-state index contributed by atoms with van der Waals surface area (Å²) in [4.78, 5) is 1.42. The second kappa shape index (κ2) is 7.57. The summed E-state index contributed by atoms with van der Waals surface area (Å²) in [6, 6.07) is 17.1. The Balaban J connectivity index is 1.61. The Labute approximate surface area is 144 Å². The van der Waals surface area contributed by atoms with Crippen molar-refractivity contribution in [1.29, 1.82) is 5.26 Å². The van der Waals surface area contributed by atoms with Crippen LogP contribution in [0, 0.1) is 11.3 Å². The number of halogens is 1. The molecule has 0 aliphatic heterocycles. The van der Waals surface area contributed by atoms with Crippen LogP contribution in [0.1, 0.15) is 12.0 Å². The SMILES string of the molecule is N#CCCn1nnc(-c2ccc(OCc3ccc(Cl)cc3)cc2)n1. The average molecular weight is 340 g/mol. The van der Waals surface area contributed by atoms with Crippen LogP contribution >= 0.6 is 11.6 Å². The molecule has 0 aliphatic rings. The zero-order chi connectivity index (χ0) is 16.8. The number of hydrogen-bond donors (Lipinski definition) is 0. The third-order valence-corrected chi connectivity index (χ3v) is 3.56. The van der Waals surface area contributed by atoms with Gasteiger partial charge in [0.15, 0.2) is 0 Å². The van der Waals surface area contributed by atoms with Crippen LogP contribution in [-0.4, -0.2) is 20.2 Å². The first-order valence-corrected chi connectivity index (χ1v) is 7.75. The van der Waals surface area contributed by atoms with Gasteiger partial charge in [-0.05, 0) is 47.2 Å². The first-order chi connectivity index (χ1) is 11.7. The molecular formula is C17H14ClN5O. The first kappa shape index (κ1) is 16.0. The molecule has 7 heteroatoms. The molecule has 1 aromatic heterocycles. The summed E-state index contributed by atoms with van der Waals surface area (Å²) in [5.74, 6) is 1.28. The minimum atomic E-state index is 0.354. The Hall–Kier alpha value is -2.91. The standard InChI is InChI=1S/C17H14ClN5O/c18-15-6-2-13(3-7-15)12-24-16-8-4-14(5-9-16)17-20-22-23(21-17)11-1-10-19/h2-9H,1,11-12H2. The van der Waals surface area contributed by atoms with Crippen LogP contribution in [0.5, 0.6) is 5.75 Å². The van der Waals surface area contributed by atoms with Crippen molar-refractivity contribution in [2.24, 2.45) is 0 Å². The van der Waals surface area contributed by atoms with E-state index in [-0.39, 0.29) is 0 Å². The summed E-state index contributed by atoms with van der Waals surface area (Å²) in [6.45, 7) is 0.908. The van der Waals surface area contributed by atoms with E-state index in [9.17, 15) is 0 Å². The Bertz CT molecular complexity index is 837. The molecule has 120 valence electrons. The van der Waals surface area contributed by atoms with E-state index in [2.05, 4.69) is 21.5 Å². The smallest absolute Gasteiger partial charge is 0.204 e. The molecule has 0 saturated carbocycles. The van der Waals surface area contributed by atoms with E-state index in [1.807, 2.05) is 48.5 Å². The lowest BCUT2D eigenvalue weighted by atomic mass is 10.2. The molecule has 0 fully saturated rings. The number of aromatic nitrogens is 4. The maximum absolute atomic E-state index is 8.57. The second-order valence-electron chi connectivity index (χ2n) is 5.06. The summed E-state index contributed by atoms with van der Waals surface area (Å²) < 4.78 is 5.74. The van der Waals surface area contributed by atoms with Crippen molar-refractivity contribution in [3.05, 3.63) is 59.1 Å². The van der Waals surface area contributed by atoms with E-state index in [1.54, 1.807) is 0 Å². The molecule has 24 heavy (non-hydrogen) atoms. The molecule has 0 spiro atoms. The van der Waals surface area contributed by atoms with E-state index < -0.39 is 0 Å². The van der Waals surface area contributed by atoms with E-state index in [4.69, 9.17) is 21.6 Å². The van der Waals surface area contributed by atoms with Crippen molar-refractivity contribution in [1.82, 2.24) is 20.2 Å². The largest absolute Gasteiger partial charge is 0.489 e. The van der Waals surface area contributed by atoms with E-state index in [0.29, 0.717) is 30.4 Å². The third kappa shape index (κ3) is 4.09. The molecule has 3 aromatic rings. The number of nitrogens with zero attached hydrogens (tertiary/aromatic N) is 5. The van der Waals surface area contributed by atoms with Gasteiger partial charge in [0.05, 0.1) is 19.0 Å². The van der Waals surface area contributed by atoms with Gasteiger partial charge in [0, 0.05) is 10.6 Å². The lowest BCUT2D eigenvalue weighted by molar-refractivity contribution is 0.306. The molecule has 0 amide bonds. The summed E-state index contributed by atoms with van der Waals surface area (Å²) >= 11 is 5.86. The lowest BCUT2D eigenvalue weighted by Gasteiger charge is -2.06. The highest BCUT2D eigenvalue weighted by Gasteiger charge is 2.06. The Morgan fingerprint density at radius 1 is 1.08 bits per heavy atom. The maximum Gasteiger partial charge on any atom is 0.204 e. The number of rotatable bonds is 6.